The summed E-state index contributed by atoms with van der Waals surface area (Å²) in [7, 11) is 0. The molecular weight excluding hydrogens is 239 g/mol. The van der Waals surface area contributed by atoms with Crippen LogP contribution in [-0.2, 0) is 0 Å². The van der Waals surface area contributed by atoms with E-state index in [2.05, 4.69) is 5.10 Å². The monoisotopic (exact) mass is 252 g/mol. The number of para-hydroxylation sites is 1. The Bertz CT molecular complexity index is 702. The Balaban J connectivity index is 1.99. The minimum atomic E-state index is -0.190. The number of aromatic nitrogens is 2. The number of aryl methyl sites for hydroxylation is 1. The lowest BCUT2D eigenvalue weighted by atomic mass is 10.1. The van der Waals surface area contributed by atoms with E-state index in [4.69, 9.17) is 0 Å². The Kier molecular flexibility index (Phi) is 2.88. The van der Waals surface area contributed by atoms with Crippen molar-refractivity contribution in [2.75, 3.05) is 0 Å². The number of hydrogen-bond donors (Lipinski definition) is 0. The molecule has 0 atom stereocenters. The molecule has 0 spiro atoms. The molecule has 0 fully saturated rings. The average Bonchev–Trinajstić information content (AvgIpc) is 2.93. The summed E-state index contributed by atoms with van der Waals surface area (Å²) in [6.45, 7) is 1.76. The molecule has 94 valence electrons. The first-order valence-electron chi connectivity index (χ1n) is 6.11. The molecule has 2 nitrogen and oxygen atoms in total. The number of benzene rings is 2. The van der Waals surface area contributed by atoms with Gasteiger partial charge in [0.25, 0.3) is 0 Å². The Morgan fingerprint density at radius 3 is 2.53 bits per heavy atom. The lowest BCUT2D eigenvalue weighted by molar-refractivity contribution is 0.619. The van der Waals surface area contributed by atoms with E-state index in [-0.39, 0.29) is 5.82 Å². The van der Waals surface area contributed by atoms with Gasteiger partial charge in [-0.3, -0.25) is 0 Å². The van der Waals surface area contributed by atoms with Crippen molar-refractivity contribution in [2.24, 2.45) is 0 Å². The Hall–Kier alpha value is -2.42. The third kappa shape index (κ3) is 2.27. The molecule has 0 unspecified atom stereocenters. The van der Waals surface area contributed by atoms with Crippen LogP contribution in [0.1, 0.15) is 5.56 Å². The smallest absolute Gasteiger partial charge is 0.126 e. The second-order valence-corrected chi connectivity index (χ2v) is 4.47. The summed E-state index contributed by atoms with van der Waals surface area (Å²) in [5.41, 5.74) is 3.38. The van der Waals surface area contributed by atoms with Gasteiger partial charge < -0.3 is 0 Å². The van der Waals surface area contributed by atoms with Gasteiger partial charge in [0.05, 0.1) is 11.9 Å². The van der Waals surface area contributed by atoms with Crippen LogP contribution in [0.4, 0.5) is 4.39 Å². The van der Waals surface area contributed by atoms with E-state index in [0.29, 0.717) is 5.56 Å². The summed E-state index contributed by atoms with van der Waals surface area (Å²) in [5.74, 6) is -0.190. The average molecular weight is 252 g/mol. The summed E-state index contributed by atoms with van der Waals surface area (Å²) in [5, 5.41) is 4.31. The molecule has 0 saturated carbocycles. The van der Waals surface area contributed by atoms with Gasteiger partial charge in [-0.25, -0.2) is 9.07 Å². The molecule has 0 bridgehead atoms. The van der Waals surface area contributed by atoms with Gasteiger partial charge in [-0.05, 0) is 36.2 Å². The van der Waals surface area contributed by atoms with E-state index in [1.165, 1.54) is 0 Å². The van der Waals surface area contributed by atoms with Crippen LogP contribution in [0.25, 0.3) is 16.8 Å². The van der Waals surface area contributed by atoms with Crippen LogP contribution in [0.5, 0.6) is 0 Å². The molecule has 0 N–H and O–H groups in total. The molecule has 1 aromatic heterocycles. The fourth-order valence-electron chi connectivity index (χ4n) is 1.97. The van der Waals surface area contributed by atoms with Crippen LogP contribution in [0, 0.1) is 12.7 Å². The molecule has 1 heterocycles. The molecule has 0 aliphatic rings. The zero-order valence-electron chi connectivity index (χ0n) is 10.5. The number of halogens is 1. The van der Waals surface area contributed by atoms with Crippen molar-refractivity contribution in [2.45, 2.75) is 6.92 Å². The highest BCUT2D eigenvalue weighted by Gasteiger charge is 2.05. The minimum absolute atomic E-state index is 0.190. The third-order valence-electron chi connectivity index (χ3n) is 3.11. The molecule has 19 heavy (non-hydrogen) atoms. The maximum absolute atomic E-state index is 13.6. The van der Waals surface area contributed by atoms with E-state index in [0.717, 1.165) is 16.8 Å². The molecule has 0 radical (unpaired) electrons. The van der Waals surface area contributed by atoms with Gasteiger partial charge in [0.1, 0.15) is 5.82 Å². The van der Waals surface area contributed by atoms with Crippen LogP contribution < -0.4 is 0 Å². The summed E-state index contributed by atoms with van der Waals surface area (Å²) < 4.78 is 15.4. The van der Waals surface area contributed by atoms with Gasteiger partial charge in [-0.15, -0.1) is 0 Å². The Morgan fingerprint density at radius 1 is 1.00 bits per heavy atom. The lowest BCUT2D eigenvalue weighted by Crippen LogP contribution is -1.92. The Labute approximate surface area is 111 Å². The van der Waals surface area contributed by atoms with E-state index in [9.17, 15) is 4.39 Å². The zero-order chi connectivity index (χ0) is 13.2. The first-order valence-corrected chi connectivity index (χ1v) is 6.11. The van der Waals surface area contributed by atoms with Crippen molar-refractivity contribution in [1.82, 2.24) is 9.78 Å². The third-order valence-corrected chi connectivity index (χ3v) is 3.11. The summed E-state index contributed by atoms with van der Waals surface area (Å²) in [6, 6.07) is 15.1. The van der Waals surface area contributed by atoms with Crippen LogP contribution in [-0.4, -0.2) is 9.78 Å². The summed E-state index contributed by atoms with van der Waals surface area (Å²) in [4.78, 5) is 0. The van der Waals surface area contributed by atoms with Gasteiger partial charge in [-0.2, -0.15) is 5.10 Å². The quantitative estimate of drug-likeness (QED) is 0.674. The van der Waals surface area contributed by atoms with E-state index >= 15 is 0 Å². The molecule has 2 aromatic carbocycles. The minimum Gasteiger partial charge on any atom is -0.240 e. The first-order chi connectivity index (χ1) is 9.24. The van der Waals surface area contributed by atoms with Gasteiger partial charge in [0.2, 0.25) is 0 Å². The van der Waals surface area contributed by atoms with Crippen molar-refractivity contribution in [3.8, 4) is 16.8 Å². The highest BCUT2D eigenvalue weighted by Crippen LogP contribution is 2.22. The predicted octanol–water partition coefficient (Wildman–Crippen LogP) is 3.99. The molecule has 0 aliphatic carbocycles. The number of hydrogen-bond acceptors (Lipinski definition) is 1. The van der Waals surface area contributed by atoms with Crippen molar-refractivity contribution in [1.29, 1.82) is 0 Å². The van der Waals surface area contributed by atoms with Crippen LogP contribution in [0.15, 0.2) is 60.9 Å². The van der Waals surface area contributed by atoms with Gasteiger partial charge in [0.15, 0.2) is 0 Å². The molecular formula is C16H13FN2. The van der Waals surface area contributed by atoms with Crippen LogP contribution in [0.2, 0.25) is 0 Å². The van der Waals surface area contributed by atoms with E-state index in [1.807, 2.05) is 42.6 Å². The van der Waals surface area contributed by atoms with E-state index in [1.54, 1.807) is 29.9 Å². The SMILES string of the molecule is Cc1ccc(-c2cnn(-c3ccccc3)c2)cc1F. The second-order valence-electron chi connectivity index (χ2n) is 4.47. The maximum atomic E-state index is 13.6. The van der Waals surface area contributed by atoms with Gasteiger partial charge >= 0.3 is 0 Å². The summed E-state index contributed by atoms with van der Waals surface area (Å²) in [6.07, 6.45) is 3.65. The van der Waals surface area contributed by atoms with Gasteiger partial charge in [-0.1, -0.05) is 30.3 Å². The number of nitrogens with zero attached hydrogens (tertiary/aromatic N) is 2. The molecule has 3 aromatic rings. The standard InChI is InChI=1S/C16H13FN2/c1-12-7-8-13(9-16(12)17)14-10-18-19(11-14)15-5-3-2-4-6-15/h2-11H,1H3. The lowest BCUT2D eigenvalue weighted by Gasteiger charge is -2.01. The molecule has 0 aliphatic heterocycles. The highest BCUT2D eigenvalue weighted by molar-refractivity contribution is 5.62. The first kappa shape index (κ1) is 11.7. The molecule has 3 rings (SSSR count). The fraction of sp³-hybridized carbons (Fsp3) is 0.0625. The largest absolute Gasteiger partial charge is 0.240 e. The predicted molar refractivity (Wildman–Crippen MR) is 73.7 cm³/mol. The van der Waals surface area contributed by atoms with Crippen molar-refractivity contribution < 1.29 is 4.39 Å². The van der Waals surface area contributed by atoms with Crippen molar-refractivity contribution in [3.05, 3.63) is 72.3 Å². The molecule has 0 saturated heterocycles. The van der Waals surface area contributed by atoms with Gasteiger partial charge in [0, 0.05) is 11.8 Å². The van der Waals surface area contributed by atoms with Crippen molar-refractivity contribution in [3.63, 3.8) is 0 Å². The molecule has 0 amide bonds. The van der Waals surface area contributed by atoms with Crippen LogP contribution in [0.3, 0.4) is 0 Å². The molecule has 3 heteroatoms. The topological polar surface area (TPSA) is 17.8 Å². The number of rotatable bonds is 2. The van der Waals surface area contributed by atoms with Crippen LogP contribution >= 0.6 is 0 Å². The fourth-order valence-corrected chi connectivity index (χ4v) is 1.97. The zero-order valence-corrected chi connectivity index (χ0v) is 10.5. The normalized spacial score (nSPS) is 10.6. The Morgan fingerprint density at radius 2 is 1.79 bits per heavy atom. The highest BCUT2D eigenvalue weighted by atomic mass is 19.1. The van der Waals surface area contributed by atoms with Crippen molar-refractivity contribution >= 4 is 0 Å². The summed E-state index contributed by atoms with van der Waals surface area (Å²) >= 11 is 0. The second kappa shape index (κ2) is 4.69. The maximum Gasteiger partial charge on any atom is 0.126 e. The van der Waals surface area contributed by atoms with E-state index < -0.39 is 0 Å².